The number of H-pyrrole nitrogens is 1. The Balaban J connectivity index is 1.89. The van der Waals surface area contributed by atoms with Gasteiger partial charge in [-0.25, -0.2) is 4.79 Å². The number of amides is 1. The minimum atomic E-state index is -0.673. The van der Waals surface area contributed by atoms with Gasteiger partial charge in [-0.3, -0.25) is 14.6 Å². The van der Waals surface area contributed by atoms with E-state index in [0.29, 0.717) is 16.8 Å². The zero-order valence-electron chi connectivity index (χ0n) is 17.3. The van der Waals surface area contributed by atoms with E-state index in [1.54, 1.807) is 38.8 Å². The van der Waals surface area contributed by atoms with E-state index in [-0.39, 0.29) is 36.5 Å². The molecule has 1 aliphatic carbocycles. The highest BCUT2D eigenvalue weighted by Crippen LogP contribution is 2.33. The zero-order chi connectivity index (χ0) is 21.1. The first-order chi connectivity index (χ1) is 13.8. The van der Waals surface area contributed by atoms with Crippen molar-refractivity contribution in [3.8, 4) is 0 Å². The Hall–Kier alpha value is -2.96. The summed E-state index contributed by atoms with van der Waals surface area (Å²) >= 11 is 0. The summed E-state index contributed by atoms with van der Waals surface area (Å²) in [6.07, 6.45) is 3.38. The molecule has 1 saturated carbocycles. The summed E-state index contributed by atoms with van der Waals surface area (Å²) < 4.78 is 5.07. The molecule has 29 heavy (non-hydrogen) atoms. The maximum atomic E-state index is 13.4. The van der Waals surface area contributed by atoms with Gasteiger partial charge in [-0.05, 0) is 58.2 Å². The van der Waals surface area contributed by atoms with Gasteiger partial charge in [0.15, 0.2) is 5.78 Å². The quantitative estimate of drug-likeness (QED) is 0.545. The van der Waals surface area contributed by atoms with Crippen LogP contribution in [0.2, 0.25) is 0 Å². The third kappa shape index (κ3) is 4.39. The van der Waals surface area contributed by atoms with E-state index < -0.39 is 12.0 Å². The number of aromatic amines is 1. The van der Waals surface area contributed by atoms with Crippen molar-refractivity contribution in [3.05, 3.63) is 52.6 Å². The predicted octanol–water partition coefficient (Wildman–Crippen LogP) is 3.21. The average molecular weight is 397 g/mol. The summed E-state index contributed by atoms with van der Waals surface area (Å²) in [4.78, 5) is 47.3. The summed E-state index contributed by atoms with van der Waals surface area (Å²) in [7, 11) is 0. The van der Waals surface area contributed by atoms with E-state index in [1.807, 2.05) is 18.2 Å². The Bertz CT molecular complexity index is 916. The number of hydrogen-bond acceptors (Lipinski definition) is 5. The molecule has 7 nitrogen and oxygen atoms in total. The third-order valence-electron chi connectivity index (χ3n) is 5.28. The number of nitrogens with zero attached hydrogens (tertiary/aromatic N) is 2. The van der Waals surface area contributed by atoms with Crippen molar-refractivity contribution < 1.29 is 19.1 Å². The van der Waals surface area contributed by atoms with Crippen molar-refractivity contribution in [2.75, 3.05) is 6.61 Å². The molecule has 1 N–H and O–H groups in total. The second-order valence-electron chi connectivity index (χ2n) is 7.45. The van der Waals surface area contributed by atoms with E-state index >= 15 is 0 Å². The van der Waals surface area contributed by atoms with Crippen LogP contribution in [0.3, 0.4) is 0 Å². The lowest BCUT2D eigenvalue weighted by Gasteiger charge is -2.28. The lowest BCUT2D eigenvalue weighted by Crippen LogP contribution is -2.44. The van der Waals surface area contributed by atoms with Gasteiger partial charge in [-0.2, -0.15) is 0 Å². The molecule has 0 bridgehead atoms. The third-order valence-corrected chi connectivity index (χ3v) is 5.28. The molecule has 1 amide bonds. The summed E-state index contributed by atoms with van der Waals surface area (Å²) in [6, 6.07) is 4.85. The monoisotopic (exact) mass is 397 g/mol. The summed E-state index contributed by atoms with van der Waals surface area (Å²) in [6.45, 7) is 7.47. The van der Waals surface area contributed by atoms with Crippen molar-refractivity contribution in [1.29, 1.82) is 0 Å². The zero-order valence-corrected chi connectivity index (χ0v) is 17.3. The Labute approximate surface area is 170 Å². The molecule has 7 heteroatoms. The number of aryl methyl sites for hydroxylation is 1. The van der Waals surface area contributed by atoms with Gasteiger partial charge in [0.1, 0.15) is 5.69 Å². The fourth-order valence-corrected chi connectivity index (χ4v) is 3.51. The van der Waals surface area contributed by atoms with Gasteiger partial charge in [0.25, 0.3) is 0 Å². The molecular weight excluding hydrogens is 370 g/mol. The van der Waals surface area contributed by atoms with Gasteiger partial charge >= 0.3 is 5.97 Å². The van der Waals surface area contributed by atoms with Gasteiger partial charge in [0.05, 0.1) is 24.9 Å². The number of carbonyl (C=O) groups is 3. The minimum absolute atomic E-state index is 0.0162. The molecule has 154 valence electrons. The number of esters is 1. The first kappa shape index (κ1) is 20.8. The first-order valence-electron chi connectivity index (χ1n) is 9.96. The van der Waals surface area contributed by atoms with Crippen molar-refractivity contribution in [2.24, 2.45) is 5.92 Å². The normalized spacial score (nSPS) is 14.3. The Kier molecular flexibility index (Phi) is 6.15. The average Bonchev–Trinajstić information content (AvgIpc) is 3.51. The number of rotatable bonds is 8. The molecule has 2 aromatic heterocycles. The smallest absolute Gasteiger partial charge is 0.355 e. The first-order valence-corrected chi connectivity index (χ1v) is 9.96. The molecule has 2 heterocycles. The number of carbonyl (C=O) groups excluding carboxylic acids is 3. The van der Waals surface area contributed by atoms with Crippen LogP contribution in [0.15, 0.2) is 24.4 Å². The number of aromatic nitrogens is 2. The van der Waals surface area contributed by atoms with E-state index in [9.17, 15) is 14.4 Å². The van der Waals surface area contributed by atoms with Crippen LogP contribution in [0.1, 0.15) is 64.5 Å². The predicted molar refractivity (Wildman–Crippen MR) is 108 cm³/mol. The van der Waals surface area contributed by atoms with Crippen LogP contribution in [0, 0.1) is 19.8 Å². The van der Waals surface area contributed by atoms with Crippen LogP contribution in [0.4, 0.5) is 0 Å². The van der Waals surface area contributed by atoms with Crippen LogP contribution in [-0.2, 0) is 16.1 Å². The molecule has 3 rings (SSSR count). The topological polar surface area (TPSA) is 92.4 Å². The van der Waals surface area contributed by atoms with Gasteiger partial charge in [-0.1, -0.05) is 6.07 Å². The lowest BCUT2D eigenvalue weighted by atomic mass is 9.99. The molecule has 0 aromatic carbocycles. The molecule has 1 unspecified atom stereocenters. The van der Waals surface area contributed by atoms with Crippen LogP contribution < -0.4 is 0 Å². The second-order valence-corrected chi connectivity index (χ2v) is 7.45. The fourth-order valence-electron chi connectivity index (χ4n) is 3.51. The number of nitrogens with one attached hydrogen (secondary N) is 1. The minimum Gasteiger partial charge on any atom is -0.461 e. The number of pyridine rings is 1. The van der Waals surface area contributed by atoms with Crippen molar-refractivity contribution in [1.82, 2.24) is 14.9 Å². The van der Waals surface area contributed by atoms with E-state index in [2.05, 4.69) is 9.97 Å². The number of ether oxygens (including phenoxy) is 1. The molecule has 1 atom stereocenters. The van der Waals surface area contributed by atoms with E-state index in [4.69, 9.17) is 4.74 Å². The maximum absolute atomic E-state index is 13.4. The largest absolute Gasteiger partial charge is 0.461 e. The lowest BCUT2D eigenvalue weighted by molar-refractivity contribution is -0.134. The SMILES string of the molecule is CCOC(=O)c1[nH]c(C)c(C(=O)C(C)N(Cc2ccccn2)C(=O)C2CC2)c1C. The van der Waals surface area contributed by atoms with Crippen LogP contribution >= 0.6 is 0 Å². The van der Waals surface area contributed by atoms with Crippen LogP contribution in [0.5, 0.6) is 0 Å². The highest BCUT2D eigenvalue weighted by molar-refractivity contribution is 6.06. The molecule has 0 radical (unpaired) electrons. The Morgan fingerprint density at radius 2 is 2.00 bits per heavy atom. The summed E-state index contributed by atoms with van der Waals surface area (Å²) in [5.41, 5.74) is 2.60. The van der Waals surface area contributed by atoms with E-state index in [1.165, 1.54) is 0 Å². The fraction of sp³-hybridized carbons (Fsp3) is 0.455. The molecule has 2 aromatic rings. The second kappa shape index (κ2) is 8.59. The highest BCUT2D eigenvalue weighted by atomic mass is 16.5. The van der Waals surface area contributed by atoms with Crippen molar-refractivity contribution in [2.45, 2.75) is 53.1 Å². The van der Waals surface area contributed by atoms with Crippen LogP contribution in [-0.4, -0.2) is 45.2 Å². The molecule has 0 aliphatic heterocycles. The Morgan fingerprint density at radius 1 is 1.28 bits per heavy atom. The Morgan fingerprint density at radius 3 is 2.59 bits per heavy atom. The van der Waals surface area contributed by atoms with E-state index in [0.717, 1.165) is 18.5 Å². The maximum Gasteiger partial charge on any atom is 0.355 e. The molecule has 0 spiro atoms. The molecule has 0 saturated heterocycles. The van der Waals surface area contributed by atoms with Crippen molar-refractivity contribution in [3.63, 3.8) is 0 Å². The molecule has 1 fully saturated rings. The van der Waals surface area contributed by atoms with Gasteiger partial charge < -0.3 is 14.6 Å². The van der Waals surface area contributed by atoms with Gasteiger partial charge in [0.2, 0.25) is 5.91 Å². The number of hydrogen-bond donors (Lipinski definition) is 1. The standard InChI is InChI=1S/C22H27N3O4/c1-5-29-22(28)19-13(2)18(14(3)24-19)20(26)15(4)25(21(27)16-9-10-16)12-17-8-6-7-11-23-17/h6-8,11,15-16,24H,5,9-10,12H2,1-4H3. The highest BCUT2D eigenvalue weighted by Gasteiger charge is 2.38. The summed E-state index contributed by atoms with van der Waals surface area (Å²) in [5, 5.41) is 0. The van der Waals surface area contributed by atoms with Gasteiger partial charge in [0, 0.05) is 23.4 Å². The number of ketones is 1. The number of Topliss-reactive ketones (excluding diaryl/α,β-unsaturated/α-hetero) is 1. The van der Waals surface area contributed by atoms with Crippen LogP contribution in [0.25, 0.3) is 0 Å². The van der Waals surface area contributed by atoms with Crippen molar-refractivity contribution >= 4 is 17.7 Å². The molecular formula is C22H27N3O4. The molecule has 1 aliphatic rings. The summed E-state index contributed by atoms with van der Waals surface area (Å²) in [5.74, 6) is -0.721. The van der Waals surface area contributed by atoms with Gasteiger partial charge in [-0.15, -0.1) is 0 Å².